The van der Waals surface area contributed by atoms with Gasteiger partial charge in [0.15, 0.2) is 0 Å². The number of nitrogens with one attached hydrogen (secondary N) is 1. The Morgan fingerprint density at radius 2 is 2.13 bits per heavy atom. The van der Waals surface area contributed by atoms with Gasteiger partial charge in [0.2, 0.25) is 0 Å². The first-order chi connectivity index (χ1) is 7.36. The summed E-state index contributed by atoms with van der Waals surface area (Å²) in [5.41, 5.74) is 0. The van der Waals surface area contributed by atoms with Gasteiger partial charge in [-0.1, -0.05) is 12.8 Å². The molecule has 2 rings (SSSR count). The lowest BCUT2D eigenvalue weighted by molar-refractivity contribution is 0.0716. The summed E-state index contributed by atoms with van der Waals surface area (Å²) in [5, 5.41) is 13.2. The molecule has 0 aromatic carbocycles. The highest BCUT2D eigenvalue weighted by Crippen LogP contribution is 2.19. The molecular weight excluding hydrogens is 190 g/mol. The number of aliphatic hydroxyl groups is 1. The zero-order chi connectivity index (χ0) is 10.5. The average molecular weight is 211 g/mol. The lowest BCUT2D eigenvalue weighted by Crippen LogP contribution is -2.45. The molecule has 1 aliphatic heterocycles. The van der Waals surface area contributed by atoms with Gasteiger partial charge in [-0.2, -0.15) is 0 Å². The normalized spacial score (nSPS) is 36.2. The van der Waals surface area contributed by atoms with Gasteiger partial charge in [-0.3, -0.25) is 0 Å². The molecule has 1 heterocycles. The molecule has 0 radical (unpaired) electrons. The molecule has 1 saturated carbocycles. The van der Waals surface area contributed by atoms with Crippen LogP contribution in [0, 0.1) is 0 Å². The van der Waals surface area contributed by atoms with Crippen molar-refractivity contribution in [1.82, 2.24) is 5.32 Å². The fourth-order valence-electron chi connectivity index (χ4n) is 2.37. The maximum Gasteiger partial charge on any atom is 0.110 e. The fraction of sp³-hybridized carbons (Fsp3) is 0.833. The Kier molecular flexibility index (Phi) is 4.03. The standard InChI is InChI=1S/C12H21NO2/c14-12-7-2-1-6-11(12)13-9-10-5-3-4-8-15-10/h4,8,10-14H,1-3,5-7,9H2. The Balaban J connectivity index is 1.69. The molecule has 86 valence electrons. The van der Waals surface area contributed by atoms with Crippen LogP contribution in [0.4, 0.5) is 0 Å². The Bertz CT molecular complexity index is 218. The van der Waals surface area contributed by atoms with E-state index in [-0.39, 0.29) is 12.1 Å². The van der Waals surface area contributed by atoms with E-state index in [0.717, 1.165) is 32.2 Å². The van der Waals surface area contributed by atoms with Gasteiger partial charge in [-0.15, -0.1) is 0 Å². The molecule has 1 aliphatic carbocycles. The van der Waals surface area contributed by atoms with Gasteiger partial charge in [0.05, 0.1) is 12.4 Å². The van der Waals surface area contributed by atoms with Crippen LogP contribution in [-0.4, -0.2) is 29.9 Å². The molecule has 3 unspecified atom stereocenters. The monoisotopic (exact) mass is 211 g/mol. The molecule has 3 nitrogen and oxygen atoms in total. The summed E-state index contributed by atoms with van der Waals surface area (Å²) in [4.78, 5) is 0. The molecule has 1 fully saturated rings. The van der Waals surface area contributed by atoms with E-state index in [4.69, 9.17) is 4.74 Å². The van der Waals surface area contributed by atoms with Crippen LogP contribution in [0.1, 0.15) is 38.5 Å². The molecule has 2 N–H and O–H groups in total. The summed E-state index contributed by atoms with van der Waals surface area (Å²) in [6, 6.07) is 0.285. The highest BCUT2D eigenvalue weighted by atomic mass is 16.5. The van der Waals surface area contributed by atoms with Crippen LogP contribution >= 0.6 is 0 Å². The van der Waals surface area contributed by atoms with Crippen molar-refractivity contribution in [1.29, 1.82) is 0 Å². The Hall–Kier alpha value is -0.540. The summed E-state index contributed by atoms with van der Waals surface area (Å²) >= 11 is 0. The molecule has 3 heteroatoms. The summed E-state index contributed by atoms with van der Waals surface area (Å²) < 4.78 is 5.48. The number of rotatable bonds is 3. The maximum absolute atomic E-state index is 9.78. The smallest absolute Gasteiger partial charge is 0.110 e. The lowest BCUT2D eigenvalue weighted by Gasteiger charge is -2.30. The average Bonchev–Trinajstić information content (AvgIpc) is 2.29. The molecule has 3 atom stereocenters. The molecule has 0 amide bonds. The number of hydrogen-bond donors (Lipinski definition) is 2. The zero-order valence-electron chi connectivity index (χ0n) is 9.19. The minimum absolute atomic E-state index is 0.155. The molecular formula is C12H21NO2. The number of aliphatic hydroxyl groups excluding tert-OH is 1. The second-order valence-electron chi connectivity index (χ2n) is 4.57. The van der Waals surface area contributed by atoms with Gasteiger partial charge < -0.3 is 15.2 Å². The Morgan fingerprint density at radius 3 is 2.87 bits per heavy atom. The van der Waals surface area contributed by atoms with Crippen LogP contribution in [0.25, 0.3) is 0 Å². The molecule has 0 spiro atoms. The predicted molar refractivity (Wildman–Crippen MR) is 59.5 cm³/mol. The summed E-state index contributed by atoms with van der Waals surface area (Å²) in [6.45, 7) is 0.867. The van der Waals surface area contributed by atoms with E-state index in [2.05, 4.69) is 11.4 Å². The first kappa shape index (κ1) is 11.0. The van der Waals surface area contributed by atoms with E-state index in [1.165, 1.54) is 12.8 Å². The van der Waals surface area contributed by atoms with Gasteiger partial charge in [0.1, 0.15) is 6.10 Å². The van der Waals surface area contributed by atoms with Gasteiger partial charge in [-0.25, -0.2) is 0 Å². The second-order valence-corrected chi connectivity index (χ2v) is 4.57. The van der Waals surface area contributed by atoms with Crippen LogP contribution in [0.2, 0.25) is 0 Å². The topological polar surface area (TPSA) is 41.5 Å². The highest BCUT2D eigenvalue weighted by Gasteiger charge is 2.23. The summed E-state index contributed by atoms with van der Waals surface area (Å²) in [7, 11) is 0. The largest absolute Gasteiger partial charge is 0.497 e. The second kappa shape index (κ2) is 5.52. The summed E-state index contributed by atoms with van der Waals surface area (Å²) in [5.74, 6) is 0. The minimum Gasteiger partial charge on any atom is -0.497 e. The van der Waals surface area contributed by atoms with Crippen molar-refractivity contribution in [3.8, 4) is 0 Å². The van der Waals surface area contributed by atoms with Crippen molar-refractivity contribution in [3.63, 3.8) is 0 Å². The van der Waals surface area contributed by atoms with Crippen molar-refractivity contribution < 1.29 is 9.84 Å². The molecule has 0 saturated heterocycles. The van der Waals surface area contributed by atoms with E-state index in [1.54, 1.807) is 6.26 Å². The van der Waals surface area contributed by atoms with Crippen molar-refractivity contribution in [2.45, 2.75) is 56.8 Å². The van der Waals surface area contributed by atoms with E-state index in [0.29, 0.717) is 6.10 Å². The zero-order valence-corrected chi connectivity index (χ0v) is 9.19. The van der Waals surface area contributed by atoms with Crippen LogP contribution in [0.3, 0.4) is 0 Å². The highest BCUT2D eigenvalue weighted by molar-refractivity contribution is 4.86. The first-order valence-electron chi connectivity index (χ1n) is 6.08. The van der Waals surface area contributed by atoms with Crippen LogP contribution in [0.5, 0.6) is 0 Å². The van der Waals surface area contributed by atoms with Crippen LogP contribution in [0.15, 0.2) is 12.3 Å². The van der Waals surface area contributed by atoms with Gasteiger partial charge in [0.25, 0.3) is 0 Å². The van der Waals surface area contributed by atoms with Crippen molar-refractivity contribution in [3.05, 3.63) is 12.3 Å². The summed E-state index contributed by atoms with van der Waals surface area (Å²) in [6.07, 6.45) is 10.7. The first-order valence-corrected chi connectivity index (χ1v) is 6.08. The number of allylic oxidation sites excluding steroid dienone is 1. The van der Waals surface area contributed by atoms with Crippen molar-refractivity contribution >= 4 is 0 Å². The van der Waals surface area contributed by atoms with E-state index in [1.807, 2.05) is 0 Å². The molecule has 0 aromatic heterocycles. The van der Waals surface area contributed by atoms with Crippen LogP contribution in [-0.2, 0) is 4.74 Å². The lowest BCUT2D eigenvalue weighted by atomic mass is 9.92. The van der Waals surface area contributed by atoms with Gasteiger partial charge in [0, 0.05) is 12.6 Å². The van der Waals surface area contributed by atoms with E-state index < -0.39 is 0 Å². The quantitative estimate of drug-likeness (QED) is 0.744. The fourth-order valence-corrected chi connectivity index (χ4v) is 2.37. The number of hydrogen-bond acceptors (Lipinski definition) is 3. The minimum atomic E-state index is -0.155. The Morgan fingerprint density at radius 1 is 1.27 bits per heavy atom. The molecule has 2 aliphatic rings. The third-order valence-electron chi connectivity index (χ3n) is 3.36. The molecule has 0 aromatic rings. The Labute approximate surface area is 91.5 Å². The van der Waals surface area contributed by atoms with Crippen molar-refractivity contribution in [2.75, 3.05) is 6.54 Å². The van der Waals surface area contributed by atoms with Crippen LogP contribution < -0.4 is 5.32 Å². The van der Waals surface area contributed by atoms with E-state index >= 15 is 0 Å². The SMILES string of the molecule is OC1CCCCC1NCC1CCC=CO1. The molecule has 0 bridgehead atoms. The predicted octanol–water partition coefficient (Wildman–Crippen LogP) is 1.57. The third kappa shape index (κ3) is 3.21. The molecule has 15 heavy (non-hydrogen) atoms. The number of ether oxygens (including phenoxy) is 1. The maximum atomic E-state index is 9.78. The third-order valence-corrected chi connectivity index (χ3v) is 3.36. The van der Waals surface area contributed by atoms with Gasteiger partial charge in [-0.05, 0) is 31.8 Å². The van der Waals surface area contributed by atoms with Crippen molar-refractivity contribution in [2.24, 2.45) is 0 Å². The van der Waals surface area contributed by atoms with Gasteiger partial charge >= 0.3 is 0 Å². The van der Waals surface area contributed by atoms with E-state index in [9.17, 15) is 5.11 Å².